The molecule has 0 amide bonds. The largest absolute Gasteiger partial charge is 0.497 e. The molecule has 1 fully saturated rings. The molecule has 1 aromatic carbocycles. The highest BCUT2D eigenvalue weighted by Gasteiger charge is 2.33. The van der Waals surface area contributed by atoms with E-state index in [1.54, 1.807) is 13.2 Å². The van der Waals surface area contributed by atoms with E-state index in [0.29, 0.717) is 12.8 Å². The van der Waals surface area contributed by atoms with Crippen LogP contribution in [0, 0.1) is 0 Å². The van der Waals surface area contributed by atoms with E-state index >= 15 is 0 Å². The van der Waals surface area contributed by atoms with Crippen molar-refractivity contribution in [1.29, 1.82) is 0 Å². The number of methoxy groups -OCH3 is 1. The van der Waals surface area contributed by atoms with Crippen LogP contribution < -0.4 is 4.74 Å². The molecule has 0 spiro atoms. The van der Waals surface area contributed by atoms with Crippen LogP contribution >= 0.6 is 0 Å². The Kier molecular flexibility index (Phi) is 4.63. The lowest BCUT2D eigenvalue weighted by molar-refractivity contribution is -0.103. The Bertz CT molecular complexity index is 474. The van der Waals surface area contributed by atoms with Gasteiger partial charge in [-0.1, -0.05) is 30.4 Å². The van der Waals surface area contributed by atoms with Gasteiger partial charge in [-0.2, -0.15) is 0 Å². The van der Waals surface area contributed by atoms with Crippen molar-refractivity contribution in [3.63, 3.8) is 0 Å². The molecule has 0 unspecified atom stereocenters. The van der Waals surface area contributed by atoms with E-state index in [2.05, 4.69) is 6.58 Å². The Balaban J connectivity index is 2.03. The molecule has 0 bridgehead atoms. The molecule has 108 valence electrons. The predicted octanol–water partition coefficient (Wildman–Crippen LogP) is 3.19. The molecule has 1 N–H and O–H groups in total. The van der Waals surface area contributed by atoms with Gasteiger partial charge in [0.15, 0.2) is 0 Å². The van der Waals surface area contributed by atoms with Crippen LogP contribution in [0.5, 0.6) is 5.75 Å². The summed E-state index contributed by atoms with van der Waals surface area (Å²) in [4.78, 5) is 0. The molecule has 0 aromatic heterocycles. The van der Waals surface area contributed by atoms with E-state index in [-0.39, 0.29) is 12.2 Å². The monoisotopic (exact) mass is 274 g/mol. The molecule has 3 nitrogen and oxygen atoms in total. The zero-order chi connectivity index (χ0) is 14.6. The highest BCUT2D eigenvalue weighted by Crippen LogP contribution is 2.29. The van der Waals surface area contributed by atoms with Crippen LogP contribution in [-0.4, -0.2) is 30.0 Å². The molecular weight excluding hydrogens is 252 g/mol. The minimum absolute atomic E-state index is 0.0933. The van der Waals surface area contributed by atoms with Gasteiger partial charge in [-0.15, -0.1) is 6.58 Å². The fourth-order valence-electron chi connectivity index (χ4n) is 2.46. The topological polar surface area (TPSA) is 38.7 Å². The van der Waals surface area contributed by atoms with Gasteiger partial charge in [0.2, 0.25) is 0 Å². The van der Waals surface area contributed by atoms with Crippen LogP contribution in [-0.2, 0) is 4.74 Å². The van der Waals surface area contributed by atoms with Crippen LogP contribution in [0.3, 0.4) is 0 Å². The molecule has 3 atom stereocenters. The van der Waals surface area contributed by atoms with E-state index in [4.69, 9.17) is 9.47 Å². The summed E-state index contributed by atoms with van der Waals surface area (Å²) in [5.74, 6) is 0.839. The first kappa shape index (κ1) is 14.8. The summed E-state index contributed by atoms with van der Waals surface area (Å²) in [6.45, 7) is 5.60. The van der Waals surface area contributed by atoms with Gasteiger partial charge in [0, 0.05) is 12.8 Å². The lowest BCUT2D eigenvalue weighted by Crippen LogP contribution is -2.41. The molecule has 0 aliphatic carbocycles. The number of benzene rings is 1. The maximum absolute atomic E-state index is 10.2. The van der Waals surface area contributed by atoms with Crippen LogP contribution in [0.25, 0.3) is 6.08 Å². The zero-order valence-corrected chi connectivity index (χ0v) is 12.1. The number of aliphatic hydroxyl groups is 1. The molecule has 1 saturated heterocycles. The first-order valence-electron chi connectivity index (χ1n) is 6.85. The summed E-state index contributed by atoms with van der Waals surface area (Å²) < 4.78 is 11.0. The second-order valence-corrected chi connectivity index (χ2v) is 5.49. The second-order valence-electron chi connectivity index (χ2n) is 5.49. The van der Waals surface area contributed by atoms with Crippen molar-refractivity contribution in [2.24, 2.45) is 0 Å². The fourth-order valence-corrected chi connectivity index (χ4v) is 2.46. The van der Waals surface area contributed by atoms with Gasteiger partial charge in [-0.05, 0) is 24.6 Å². The van der Waals surface area contributed by atoms with Crippen molar-refractivity contribution >= 4 is 6.08 Å². The molecule has 3 heteroatoms. The Hall–Kier alpha value is -1.58. The molecule has 0 radical (unpaired) electrons. The van der Waals surface area contributed by atoms with Gasteiger partial charge in [0.05, 0.1) is 24.9 Å². The van der Waals surface area contributed by atoms with E-state index in [0.717, 1.165) is 11.3 Å². The van der Waals surface area contributed by atoms with E-state index in [1.807, 2.05) is 43.3 Å². The molecule has 1 heterocycles. The third-order valence-corrected chi connectivity index (χ3v) is 3.51. The third-order valence-electron chi connectivity index (χ3n) is 3.51. The number of ether oxygens (including phenoxy) is 2. The number of hydrogen-bond acceptors (Lipinski definition) is 3. The Morgan fingerprint density at radius 2 is 1.95 bits per heavy atom. The first-order chi connectivity index (χ1) is 9.52. The molecule has 1 aliphatic heterocycles. The van der Waals surface area contributed by atoms with E-state index < -0.39 is 5.60 Å². The summed E-state index contributed by atoms with van der Waals surface area (Å²) in [7, 11) is 1.65. The lowest BCUT2D eigenvalue weighted by Gasteiger charge is -2.37. The maximum atomic E-state index is 10.2. The number of rotatable bonds is 4. The second kappa shape index (κ2) is 6.25. The zero-order valence-electron chi connectivity index (χ0n) is 12.1. The summed E-state index contributed by atoms with van der Waals surface area (Å²) in [6.07, 6.45) is 6.76. The SMILES string of the molecule is C=C[C@H]1C[C@@](C)(O)C[C@@H](/C=C/c2ccc(OC)cc2)O1. The van der Waals surface area contributed by atoms with Crippen molar-refractivity contribution in [1.82, 2.24) is 0 Å². The van der Waals surface area contributed by atoms with Crippen LogP contribution in [0.4, 0.5) is 0 Å². The molecule has 0 saturated carbocycles. The fraction of sp³-hybridized carbons (Fsp3) is 0.412. The first-order valence-corrected chi connectivity index (χ1v) is 6.85. The standard InChI is InChI=1S/C17H22O3/c1-4-14-11-17(2,18)12-16(20-14)10-7-13-5-8-15(19-3)9-6-13/h4-10,14,16,18H,1,11-12H2,2-3H3/b10-7+/t14-,16+,17+/m0/s1. The molecule has 20 heavy (non-hydrogen) atoms. The smallest absolute Gasteiger partial charge is 0.118 e. The van der Waals surface area contributed by atoms with Gasteiger partial charge in [0.25, 0.3) is 0 Å². The van der Waals surface area contributed by atoms with Crippen molar-refractivity contribution in [3.05, 3.63) is 48.6 Å². The average Bonchev–Trinajstić information content (AvgIpc) is 2.44. The summed E-state index contributed by atoms with van der Waals surface area (Å²) in [5, 5.41) is 10.2. The van der Waals surface area contributed by atoms with Crippen molar-refractivity contribution in [2.45, 2.75) is 37.6 Å². The van der Waals surface area contributed by atoms with Gasteiger partial charge in [-0.3, -0.25) is 0 Å². The van der Waals surface area contributed by atoms with Crippen LogP contribution in [0.1, 0.15) is 25.3 Å². The van der Waals surface area contributed by atoms with Crippen LogP contribution in [0.2, 0.25) is 0 Å². The molecule has 1 aliphatic rings. The summed E-state index contributed by atoms with van der Waals surface area (Å²) in [6, 6.07) is 7.82. The van der Waals surface area contributed by atoms with Gasteiger partial charge in [0.1, 0.15) is 5.75 Å². The minimum Gasteiger partial charge on any atom is -0.497 e. The highest BCUT2D eigenvalue weighted by atomic mass is 16.5. The Labute approximate surface area is 120 Å². The average molecular weight is 274 g/mol. The van der Waals surface area contributed by atoms with Gasteiger partial charge in [-0.25, -0.2) is 0 Å². The summed E-state index contributed by atoms with van der Waals surface area (Å²) >= 11 is 0. The normalized spacial score (nSPS) is 30.4. The van der Waals surface area contributed by atoms with Crippen molar-refractivity contribution in [2.75, 3.05) is 7.11 Å². The van der Waals surface area contributed by atoms with E-state index in [9.17, 15) is 5.11 Å². The molecular formula is C17H22O3. The lowest BCUT2D eigenvalue weighted by atomic mass is 9.88. The summed E-state index contributed by atoms with van der Waals surface area (Å²) in [5.41, 5.74) is 0.376. The van der Waals surface area contributed by atoms with Crippen LogP contribution in [0.15, 0.2) is 43.0 Å². The molecule has 1 aromatic rings. The van der Waals surface area contributed by atoms with Crippen molar-refractivity contribution < 1.29 is 14.6 Å². The quantitative estimate of drug-likeness (QED) is 0.857. The van der Waals surface area contributed by atoms with Gasteiger partial charge >= 0.3 is 0 Å². The van der Waals surface area contributed by atoms with Gasteiger partial charge < -0.3 is 14.6 Å². The van der Waals surface area contributed by atoms with Crippen molar-refractivity contribution in [3.8, 4) is 5.75 Å². The maximum Gasteiger partial charge on any atom is 0.118 e. The molecule has 2 rings (SSSR count). The predicted molar refractivity (Wildman–Crippen MR) is 80.7 cm³/mol. The minimum atomic E-state index is -0.702. The third kappa shape index (κ3) is 3.95. The Morgan fingerprint density at radius 3 is 2.55 bits per heavy atom. The Morgan fingerprint density at radius 1 is 1.30 bits per heavy atom. The van der Waals surface area contributed by atoms with E-state index in [1.165, 1.54) is 0 Å². The number of hydrogen-bond donors (Lipinski definition) is 1. The highest BCUT2D eigenvalue weighted by molar-refractivity contribution is 5.51.